The molecule has 4 amide bonds. The molecule has 8 nitrogen and oxygen atoms in total. The Morgan fingerprint density at radius 2 is 2.04 bits per heavy atom. The number of amides is 4. The van der Waals surface area contributed by atoms with E-state index in [0.717, 1.165) is 30.6 Å². The third-order valence-electron chi connectivity index (χ3n) is 4.68. The van der Waals surface area contributed by atoms with Gasteiger partial charge < -0.3 is 26.6 Å². The van der Waals surface area contributed by atoms with Crippen LogP contribution in [0.15, 0.2) is 24.3 Å². The monoisotopic (exact) mass is 345 g/mol. The maximum atomic E-state index is 12.0. The summed E-state index contributed by atoms with van der Waals surface area (Å²) in [5.74, 6) is -0.539. The largest absolute Gasteiger partial charge is 0.371 e. The van der Waals surface area contributed by atoms with Gasteiger partial charge >= 0.3 is 6.03 Å². The highest BCUT2D eigenvalue weighted by Crippen LogP contribution is 2.23. The molecular formula is C17H23N5O3. The average Bonchev–Trinajstić information content (AvgIpc) is 3.07. The number of hydrogen-bond donors (Lipinski definition) is 4. The lowest BCUT2D eigenvalue weighted by atomic mass is 9.97. The second-order valence-corrected chi connectivity index (χ2v) is 6.48. The summed E-state index contributed by atoms with van der Waals surface area (Å²) in [6, 6.07) is 7.04. The Morgan fingerprint density at radius 1 is 1.28 bits per heavy atom. The highest BCUT2D eigenvalue weighted by molar-refractivity contribution is 5.90. The molecular weight excluding hydrogens is 322 g/mol. The number of anilines is 1. The van der Waals surface area contributed by atoms with E-state index in [2.05, 4.69) is 20.9 Å². The summed E-state index contributed by atoms with van der Waals surface area (Å²) >= 11 is 0. The number of hydrogen-bond acceptors (Lipinski definition) is 4. The Labute approximate surface area is 146 Å². The Morgan fingerprint density at radius 3 is 2.68 bits per heavy atom. The van der Waals surface area contributed by atoms with Crippen LogP contribution in [-0.4, -0.2) is 43.5 Å². The summed E-state index contributed by atoms with van der Waals surface area (Å²) in [5.41, 5.74) is 7.44. The normalized spacial score (nSPS) is 22.9. The zero-order chi connectivity index (χ0) is 17.8. The minimum absolute atomic E-state index is 0.0945. The summed E-state index contributed by atoms with van der Waals surface area (Å²) in [4.78, 5) is 36.6. The molecule has 0 radical (unpaired) electrons. The van der Waals surface area contributed by atoms with Gasteiger partial charge in [0.15, 0.2) is 0 Å². The van der Waals surface area contributed by atoms with Gasteiger partial charge in [0.2, 0.25) is 11.8 Å². The van der Waals surface area contributed by atoms with Gasteiger partial charge in [0.1, 0.15) is 6.04 Å². The van der Waals surface area contributed by atoms with Crippen molar-refractivity contribution in [3.8, 4) is 0 Å². The highest BCUT2D eigenvalue weighted by atomic mass is 16.2. The van der Waals surface area contributed by atoms with E-state index in [1.807, 2.05) is 24.3 Å². The van der Waals surface area contributed by atoms with Crippen LogP contribution in [0.25, 0.3) is 0 Å². The van der Waals surface area contributed by atoms with Crippen LogP contribution in [-0.2, 0) is 16.1 Å². The molecule has 2 fully saturated rings. The summed E-state index contributed by atoms with van der Waals surface area (Å²) in [7, 11) is 0. The number of nitrogens with two attached hydrogens (primary N) is 1. The minimum atomic E-state index is -0.522. The summed E-state index contributed by atoms with van der Waals surface area (Å²) in [6.45, 7) is 2.27. The van der Waals surface area contributed by atoms with Crippen molar-refractivity contribution in [1.82, 2.24) is 16.0 Å². The minimum Gasteiger partial charge on any atom is -0.371 e. The zero-order valence-electron chi connectivity index (χ0n) is 14.0. The molecule has 0 saturated carbocycles. The molecule has 134 valence electrons. The van der Waals surface area contributed by atoms with Crippen LogP contribution in [0, 0.1) is 5.92 Å². The van der Waals surface area contributed by atoms with E-state index in [-0.39, 0.29) is 23.8 Å². The summed E-state index contributed by atoms with van der Waals surface area (Å²) < 4.78 is 0. The number of carbonyl (C=O) groups excluding carboxylic acids is 3. The van der Waals surface area contributed by atoms with E-state index in [9.17, 15) is 14.4 Å². The van der Waals surface area contributed by atoms with Crippen molar-refractivity contribution in [2.24, 2.45) is 11.7 Å². The second-order valence-electron chi connectivity index (χ2n) is 6.48. The molecule has 2 atom stereocenters. The molecule has 3 rings (SSSR count). The number of primary amides is 1. The van der Waals surface area contributed by atoms with E-state index in [1.165, 1.54) is 0 Å². The number of benzene rings is 1. The predicted molar refractivity (Wildman–Crippen MR) is 92.7 cm³/mol. The van der Waals surface area contributed by atoms with Gasteiger partial charge in [0.25, 0.3) is 0 Å². The maximum Gasteiger partial charge on any atom is 0.315 e. The third-order valence-corrected chi connectivity index (χ3v) is 4.68. The van der Waals surface area contributed by atoms with E-state index in [0.29, 0.717) is 19.6 Å². The van der Waals surface area contributed by atoms with E-state index in [4.69, 9.17) is 5.73 Å². The second kappa shape index (κ2) is 7.42. The Bertz CT molecular complexity index is 661. The van der Waals surface area contributed by atoms with Crippen LogP contribution in [0.1, 0.15) is 18.4 Å². The Balaban J connectivity index is 1.52. The van der Waals surface area contributed by atoms with E-state index < -0.39 is 6.04 Å². The van der Waals surface area contributed by atoms with E-state index in [1.54, 1.807) is 0 Å². The van der Waals surface area contributed by atoms with Gasteiger partial charge in [-0.1, -0.05) is 12.1 Å². The lowest BCUT2D eigenvalue weighted by Gasteiger charge is -2.33. The number of nitrogens with one attached hydrogen (secondary N) is 3. The Kier molecular flexibility index (Phi) is 5.06. The molecule has 0 aromatic heterocycles. The fraction of sp³-hybridized carbons (Fsp3) is 0.471. The number of urea groups is 1. The topological polar surface area (TPSA) is 117 Å². The molecule has 2 aliphatic rings. The Hall–Kier alpha value is -2.77. The van der Waals surface area contributed by atoms with Gasteiger partial charge in [0.05, 0.1) is 5.92 Å². The van der Waals surface area contributed by atoms with Crippen molar-refractivity contribution in [2.45, 2.75) is 25.4 Å². The van der Waals surface area contributed by atoms with Crippen LogP contribution >= 0.6 is 0 Å². The van der Waals surface area contributed by atoms with Crippen LogP contribution in [0.4, 0.5) is 10.5 Å². The van der Waals surface area contributed by atoms with Gasteiger partial charge in [-0.2, -0.15) is 0 Å². The fourth-order valence-electron chi connectivity index (χ4n) is 3.19. The standard InChI is InChI=1S/C17H23N5O3/c18-15(23)12-2-1-7-22(10-12)13-5-3-11(4-6-13)8-19-16(24)14-9-20-17(25)21-14/h3-6,12,14H,1-2,7-10H2,(H2,18,23)(H,19,24)(H2,20,21,25)/t12-,14+/m0/s1. The van der Waals surface area contributed by atoms with Gasteiger partial charge in [0, 0.05) is 31.9 Å². The molecule has 5 N–H and O–H groups in total. The van der Waals surface area contributed by atoms with Crippen LogP contribution < -0.4 is 26.6 Å². The summed E-state index contributed by atoms with van der Waals surface area (Å²) in [6.07, 6.45) is 1.80. The lowest BCUT2D eigenvalue weighted by Crippen LogP contribution is -2.42. The maximum absolute atomic E-state index is 12.0. The van der Waals surface area contributed by atoms with Gasteiger partial charge in [-0.25, -0.2) is 4.79 Å². The lowest BCUT2D eigenvalue weighted by molar-refractivity contribution is -0.123. The van der Waals surface area contributed by atoms with Gasteiger partial charge in [-0.05, 0) is 30.5 Å². The third kappa shape index (κ3) is 4.20. The number of carbonyl (C=O) groups is 3. The molecule has 25 heavy (non-hydrogen) atoms. The van der Waals surface area contributed by atoms with Crippen molar-refractivity contribution in [3.05, 3.63) is 29.8 Å². The molecule has 0 spiro atoms. The van der Waals surface area contributed by atoms with Gasteiger partial charge in [-0.3, -0.25) is 9.59 Å². The first-order valence-electron chi connectivity index (χ1n) is 8.48. The van der Waals surface area contributed by atoms with Crippen LogP contribution in [0.5, 0.6) is 0 Å². The van der Waals surface area contributed by atoms with Crippen molar-refractivity contribution in [2.75, 3.05) is 24.5 Å². The predicted octanol–water partition coefficient (Wildman–Crippen LogP) is -0.314. The van der Waals surface area contributed by atoms with Gasteiger partial charge in [-0.15, -0.1) is 0 Å². The van der Waals surface area contributed by atoms with Crippen molar-refractivity contribution >= 4 is 23.5 Å². The molecule has 0 aliphatic carbocycles. The molecule has 2 saturated heterocycles. The average molecular weight is 345 g/mol. The number of nitrogens with zero attached hydrogens (tertiary/aromatic N) is 1. The molecule has 0 bridgehead atoms. The summed E-state index contributed by atoms with van der Waals surface area (Å²) in [5, 5.41) is 7.92. The van der Waals surface area contributed by atoms with Crippen LogP contribution in [0.3, 0.4) is 0 Å². The first-order chi connectivity index (χ1) is 12.0. The molecule has 1 aromatic carbocycles. The first kappa shape index (κ1) is 17.1. The van der Waals surface area contributed by atoms with E-state index >= 15 is 0 Å². The highest BCUT2D eigenvalue weighted by Gasteiger charge is 2.26. The molecule has 2 aliphatic heterocycles. The quantitative estimate of drug-likeness (QED) is 0.585. The van der Waals surface area contributed by atoms with Crippen molar-refractivity contribution in [3.63, 3.8) is 0 Å². The molecule has 2 heterocycles. The zero-order valence-corrected chi connectivity index (χ0v) is 14.0. The SMILES string of the molecule is NC(=O)[C@H]1CCCN(c2ccc(CNC(=O)[C@H]3CNC(=O)N3)cc2)C1. The fourth-order valence-corrected chi connectivity index (χ4v) is 3.19. The number of rotatable bonds is 5. The molecule has 1 aromatic rings. The van der Waals surface area contributed by atoms with Crippen LogP contribution in [0.2, 0.25) is 0 Å². The smallest absolute Gasteiger partial charge is 0.315 e. The number of piperidine rings is 1. The molecule has 0 unspecified atom stereocenters. The van der Waals surface area contributed by atoms with Crippen molar-refractivity contribution in [1.29, 1.82) is 0 Å². The van der Waals surface area contributed by atoms with Crippen molar-refractivity contribution < 1.29 is 14.4 Å². The first-order valence-corrected chi connectivity index (χ1v) is 8.48. The molecule has 8 heteroatoms.